The van der Waals surface area contributed by atoms with E-state index in [1.807, 2.05) is 26.0 Å². The number of methoxy groups -OCH3 is 2. The third kappa shape index (κ3) is 8.11. The fourth-order valence-electron chi connectivity index (χ4n) is 5.52. The number of nitrogens with one attached hydrogen (secondary N) is 1. The second-order valence-corrected chi connectivity index (χ2v) is 13.0. The van der Waals surface area contributed by atoms with E-state index >= 15 is 0 Å². The molecule has 0 saturated heterocycles. The third-order valence-electron chi connectivity index (χ3n) is 8.08. The summed E-state index contributed by atoms with van der Waals surface area (Å²) in [5, 5.41) is 3.17. The SMILES string of the molecule is CC[C@@H](C(=O)NC1CCCCC1)N(Cc1ccc(OC)cc1)C(=O)CN(c1cccc(OC)c1)S(=O)(=O)c1ccc(C)cc1. The Bertz CT molecular complexity index is 1500. The highest BCUT2D eigenvalue weighted by atomic mass is 32.2. The van der Waals surface area contributed by atoms with Gasteiger partial charge < -0.3 is 19.7 Å². The van der Waals surface area contributed by atoms with Crippen molar-refractivity contribution in [1.29, 1.82) is 0 Å². The smallest absolute Gasteiger partial charge is 0.264 e. The molecule has 3 aromatic rings. The molecule has 0 bridgehead atoms. The zero-order chi connectivity index (χ0) is 31.7. The Kier molecular flexibility index (Phi) is 11.3. The fourth-order valence-corrected chi connectivity index (χ4v) is 6.93. The molecule has 0 unspecified atom stereocenters. The molecule has 1 aliphatic carbocycles. The van der Waals surface area contributed by atoms with Crippen LogP contribution in [0.3, 0.4) is 0 Å². The molecule has 4 rings (SSSR count). The lowest BCUT2D eigenvalue weighted by atomic mass is 9.95. The Labute approximate surface area is 261 Å². The summed E-state index contributed by atoms with van der Waals surface area (Å²) in [7, 11) is -1.09. The molecule has 1 atom stereocenters. The van der Waals surface area contributed by atoms with E-state index in [1.165, 1.54) is 24.1 Å². The summed E-state index contributed by atoms with van der Waals surface area (Å²) in [6, 6.07) is 19.7. The van der Waals surface area contributed by atoms with Gasteiger partial charge in [0.15, 0.2) is 0 Å². The predicted octanol–water partition coefficient (Wildman–Crippen LogP) is 5.46. The van der Waals surface area contributed by atoms with Crippen molar-refractivity contribution in [1.82, 2.24) is 10.2 Å². The second kappa shape index (κ2) is 15.1. The van der Waals surface area contributed by atoms with Crippen LogP contribution < -0.4 is 19.1 Å². The molecule has 0 radical (unpaired) electrons. The summed E-state index contributed by atoms with van der Waals surface area (Å²) >= 11 is 0. The lowest BCUT2D eigenvalue weighted by Gasteiger charge is -2.34. The van der Waals surface area contributed by atoms with Crippen LogP contribution in [0.1, 0.15) is 56.6 Å². The van der Waals surface area contributed by atoms with Crippen LogP contribution in [0, 0.1) is 6.92 Å². The summed E-state index contributed by atoms with van der Waals surface area (Å²) in [4.78, 5) is 29.6. The van der Waals surface area contributed by atoms with Gasteiger partial charge in [-0.1, -0.05) is 62.1 Å². The standard InChI is InChI=1S/C34H43N3O6S/c1-5-32(34(39)35-27-10-7-6-8-11-27)36(23-26-16-18-29(42-3)19-17-26)33(38)24-37(28-12-9-13-30(22-28)43-4)44(40,41)31-20-14-25(2)15-21-31/h9,12-22,27,32H,5-8,10-11,23-24H2,1-4H3,(H,35,39)/t32-/m0/s1. The van der Waals surface area contributed by atoms with Crippen LogP contribution in [-0.2, 0) is 26.2 Å². The molecule has 0 aromatic heterocycles. The first kappa shape index (κ1) is 32.9. The maximum Gasteiger partial charge on any atom is 0.264 e. The average Bonchev–Trinajstić information content (AvgIpc) is 3.04. The fraction of sp³-hybridized carbons (Fsp3) is 0.412. The second-order valence-electron chi connectivity index (χ2n) is 11.2. The molecule has 10 heteroatoms. The van der Waals surface area contributed by atoms with Crippen molar-refractivity contribution < 1.29 is 27.5 Å². The van der Waals surface area contributed by atoms with Crippen LogP contribution in [0.15, 0.2) is 77.7 Å². The van der Waals surface area contributed by atoms with Crippen LogP contribution >= 0.6 is 0 Å². The van der Waals surface area contributed by atoms with Crippen LogP contribution in [0.25, 0.3) is 0 Å². The van der Waals surface area contributed by atoms with Crippen molar-refractivity contribution in [2.45, 2.75) is 75.9 Å². The normalized spacial score (nSPS) is 14.4. The number of carbonyl (C=O) groups is 2. The summed E-state index contributed by atoms with van der Waals surface area (Å²) in [5.74, 6) is 0.398. The molecule has 0 spiro atoms. The van der Waals surface area contributed by atoms with Gasteiger partial charge in [-0.15, -0.1) is 0 Å². The molecule has 1 saturated carbocycles. The molecule has 44 heavy (non-hydrogen) atoms. The molecule has 9 nitrogen and oxygen atoms in total. The first-order valence-corrected chi connectivity index (χ1v) is 16.6. The van der Waals surface area contributed by atoms with E-state index in [0.717, 1.165) is 47.5 Å². The number of rotatable bonds is 13. The maximum absolute atomic E-state index is 14.3. The van der Waals surface area contributed by atoms with Crippen molar-refractivity contribution in [2.24, 2.45) is 0 Å². The highest BCUT2D eigenvalue weighted by Gasteiger charge is 2.34. The highest BCUT2D eigenvalue weighted by Crippen LogP contribution is 2.28. The van der Waals surface area contributed by atoms with Gasteiger partial charge in [0.05, 0.1) is 24.8 Å². The van der Waals surface area contributed by atoms with Crippen LogP contribution in [-0.4, -0.2) is 58.0 Å². The topological polar surface area (TPSA) is 105 Å². The number of hydrogen-bond acceptors (Lipinski definition) is 6. The van der Waals surface area contributed by atoms with Crippen LogP contribution in [0.2, 0.25) is 0 Å². The van der Waals surface area contributed by atoms with Gasteiger partial charge in [0.1, 0.15) is 24.1 Å². The highest BCUT2D eigenvalue weighted by molar-refractivity contribution is 7.92. The molecule has 2 amide bonds. The largest absolute Gasteiger partial charge is 0.497 e. The molecule has 236 valence electrons. The quantitative estimate of drug-likeness (QED) is 0.272. The minimum atomic E-state index is -4.17. The van der Waals surface area contributed by atoms with Gasteiger partial charge in [-0.2, -0.15) is 0 Å². The first-order valence-electron chi connectivity index (χ1n) is 15.1. The van der Waals surface area contributed by atoms with Gasteiger partial charge in [-0.05, 0) is 68.1 Å². The van der Waals surface area contributed by atoms with Crippen molar-refractivity contribution in [2.75, 3.05) is 25.1 Å². The summed E-state index contributed by atoms with van der Waals surface area (Å²) in [6.07, 6.45) is 5.46. The van der Waals surface area contributed by atoms with E-state index in [2.05, 4.69) is 5.32 Å². The summed E-state index contributed by atoms with van der Waals surface area (Å²) in [5.41, 5.74) is 1.98. The number of amides is 2. The molecule has 1 aliphatic rings. The zero-order valence-electron chi connectivity index (χ0n) is 26.0. The Morgan fingerprint density at radius 3 is 2.18 bits per heavy atom. The van der Waals surface area contributed by atoms with Crippen LogP contribution in [0.5, 0.6) is 11.5 Å². The van der Waals surface area contributed by atoms with Gasteiger partial charge >= 0.3 is 0 Å². The Morgan fingerprint density at radius 2 is 1.57 bits per heavy atom. The minimum Gasteiger partial charge on any atom is -0.497 e. The van der Waals surface area contributed by atoms with Gasteiger partial charge in [-0.25, -0.2) is 8.42 Å². The zero-order valence-corrected chi connectivity index (χ0v) is 26.8. The monoisotopic (exact) mass is 621 g/mol. The number of hydrogen-bond donors (Lipinski definition) is 1. The number of benzene rings is 3. The molecule has 3 aromatic carbocycles. The molecule has 0 heterocycles. The number of sulfonamides is 1. The van der Waals surface area contributed by atoms with E-state index in [9.17, 15) is 18.0 Å². The van der Waals surface area contributed by atoms with E-state index in [4.69, 9.17) is 9.47 Å². The maximum atomic E-state index is 14.3. The van der Waals surface area contributed by atoms with Crippen molar-refractivity contribution in [3.8, 4) is 11.5 Å². The minimum absolute atomic E-state index is 0.0579. The van der Waals surface area contributed by atoms with Gasteiger partial charge in [-0.3, -0.25) is 13.9 Å². The Morgan fingerprint density at radius 1 is 0.909 bits per heavy atom. The molecule has 1 fully saturated rings. The summed E-state index contributed by atoms with van der Waals surface area (Å²) in [6.45, 7) is 3.35. The number of ether oxygens (including phenoxy) is 2. The van der Waals surface area contributed by atoms with E-state index in [0.29, 0.717) is 17.9 Å². The van der Waals surface area contributed by atoms with Crippen molar-refractivity contribution in [3.63, 3.8) is 0 Å². The van der Waals surface area contributed by atoms with E-state index in [1.54, 1.807) is 55.6 Å². The molecular weight excluding hydrogens is 578 g/mol. The lowest BCUT2D eigenvalue weighted by Crippen LogP contribution is -2.54. The molecule has 1 N–H and O–H groups in total. The Hall–Kier alpha value is -4.05. The van der Waals surface area contributed by atoms with E-state index in [-0.39, 0.29) is 29.1 Å². The lowest BCUT2D eigenvalue weighted by molar-refractivity contribution is -0.140. The van der Waals surface area contributed by atoms with Crippen molar-refractivity contribution >= 4 is 27.5 Å². The van der Waals surface area contributed by atoms with E-state index < -0.39 is 28.5 Å². The first-order chi connectivity index (χ1) is 21.2. The van der Waals surface area contributed by atoms with Crippen LogP contribution in [0.4, 0.5) is 5.69 Å². The molecular formula is C34H43N3O6S. The number of anilines is 1. The summed E-state index contributed by atoms with van der Waals surface area (Å²) < 4.78 is 39.9. The molecule has 0 aliphatic heterocycles. The number of carbonyl (C=O) groups excluding carboxylic acids is 2. The number of nitrogens with zero attached hydrogens (tertiary/aromatic N) is 2. The average molecular weight is 622 g/mol. The van der Waals surface area contributed by atoms with Gasteiger partial charge in [0.2, 0.25) is 11.8 Å². The predicted molar refractivity (Wildman–Crippen MR) is 171 cm³/mol. The Balaban J connectivity index is 1.72. The van der Waals surface area contributed by atoms with Gasteiger partial charge in [0.25, 0.3) is 10.0 Å². The van der Waals surface area contributed by atoms with Crippen molar-refractivity contribution in [3.05, 3.63) is 83.9 Å². The number of aryl methyl sites for hydroxylation is 1. The van der Waals surface area contributed by atoms with Gasteiger partial charge in [0, 0.05) is 18.7 Å². The third-order valence-corrected chi connectivity index (χ3v) is 9.87.